The van der Waals surface area contributed by atoms with Crippen molar-refractivity contribution in [2.75, 3.05) is 26.2 Å². The highest BCUT2D eigenvalue weighted by Crippen LogP contribution is 2.52. The molecule has 0 aromatic rings. The summed E-state index contributed by atoms with van der Waals surface area (Å²) in [5, 5.41) is 0. The summed E-state index contributed by atoms with van der Waals surface area (Å²) in [5.74, 6) is 4.79. The highest BCUT2D eigenvalue weighted by atomic mass is 16.2. The molecule has 4 aliphatic carbocycles. The number of amides is 1. The van der Waals surface area contributed by atoms with E-state index in [4.69, 9.17) is 0 Å². The van der Waals surface area contributed by atoms with Gasteiger partial charge >= 0.3 is 0 Å². The van der Waals surface area contributed by atoms with Gasteiger partial charge in [0.15, 0.2) is 0 Å². The Hall–Kier alpha value is -0.990. The molecule has 4 saturated carbocycles. The van der Waals surface area contributed by atoms with Gasteiger partial charge in [0.1, 0.15) is 0 Å². The van der Waals surface area contributed by atoms with Gasteiger partial charge in [-0.3, -0.25) is 4.79 Å². The van der Waals surface area contributed by atoms with Crippen molar-refractivity contribution in [1.82, 2.24) is 9.80 Å². The molecular formula is C26H42N2O. The van der Waals surface area contributed by atoms with Crippen molar-refractivity contribution in [2.24, 2.45) is 35.0 Å². The zero-order chi connectivity index (χ0) is 20.0. The summed E-state index contributed by atoms with van der Waals surface area (Å²) in [4.78, 5) is 17.8. The number of carbonyl (C=O) groups is 1. The van der Waals surface area contributed by atoms with E-state index in [1.165, 1.54) is 69.9 Å². The number of hydrogen-bond acceptors (Lipinski definition) is 2. The fourth-order valence-electron chi connectivity index (χ4n) is 7.32. The van der Waals surface area contributed by atoms with Gasteiger partial charge in [-0.1, -0.05) is 32.8 Å². The first-order chi connectivity index (χ1) is 14.0. The zero-order valence-corrected chi connectivity index (χ0v) is 18.7. The third-order valence-corrected chi connectivity index (χ3v) is 9.79. The van der Waals surface area contributed by atoms with Crippen molar-refractivity contribution >= 4 is 5.91 Å². The molecule has 5 aliphatic rings. The predicted molar refractivity (Wildman–Crippen MR) is 118 cm³/mol. The molecule has 1 aliphatic heterocycles. The van der Waals surface area contributed by atoms with Crippen LogP contribution in [0.2, 0.25) is 0 Å². The van der Waals surface area contributed by atoms with Crippen molar-refractivity contribution in [2.45, 2.75) is 84.0 Å². The second-order valence-electron chi connectivity index (χ2n) is 11.5. The van der Waals surface area contributed by atoms with Crippen molar-refractivity contribution in [3.63, 3.8) is 0 Å². The number of nitrogens with zero attached hydrogens (tertiary/aromatic N) is 2. The Bertz CT molecular complexity index is 623. The summed E-state index contributed by atoms with van der Waals surface area (Å²) in [5.41, 5.74) is 1.68. The molecule has 0 aromatic carbocycles. The molecule has 3 unspecified atom stereocenters. The minimum Gasteiger partial charge on any atom is -0.371 e. The second-order valence-corrected chi connectivity index (χ2v) is 11.5. The van der Waals surface area contributed by atoms with Crippen molar-refractivity contribution < 1.29 is 4.79 Å². The molecule has 5 fully saturated rings. The van der Waals surface area contributed by atoms with Gasteiger partial charge in [-0.05, 0) is 81.5 Å². The topological polar surface area (TPSA) is 23.6 Å². The number of hydrogen-bond donors (Lipinski definition) is 0. The lowest BCUT2D eigenvalue weighted by atomic mass is 9.66. The van der Waals surface area contributed by atoms with Crippen molar-refractivity contribution in [3.05, 3.63) is 12.3 Å². The lowest BCUT2D eigenvalue weighted by molar-refractivity contribution is -0.138. The van der Waals surface area contributed by atoms with Gasteiger partial charge in [-0.25, -0.2) is 0 Å². The Balaban J connectivity index is 1.07. The summed E-state index contributed by atoms with van der Waals surface area (Å²) < 4.78 is 0. The van der Waals surface area contributed by atoms with Crippen molar-refractivity contribution in [1.29, 1.82) is 0 Å². The number of piperazine rings is 1. The second kappa shape index (κ2) is 7.93. The molecule has 1 heterocycles. The van der Waals surface area contributed by atoms with E-state index < -0.39 is 0 Å². The van der Waals surface area contributed by atoms with Crippen LogP contribution in [-0.2, 0) is 4.79 Å². The third kappa shape index (κ3) is 4.00. The number of allylic oxidation sites excluding steroid dienone is 1. The number of carbonyl (C=O) groups excluding carboxylic acids is 1. The van der Waals surface area contributed by atoms with E-state index in [1.54, 1.807) is 0 Å². The van der Waals surface area contributed by atoms with Crippen LogP contribution in [0.15, 0.2) is 12.3 Å². The molecule has 0 N–H and O–H groups in total. The fraction of sp³-hybridized carbons (Fsp3) is 0.885. The largest absolute Gasteiger partial charge is 0.371 e. The van der Waals surface area contributed by atoms with Gasteiger partial charge < -0.3 is 9.80 Å². The molecule has 3 nitrogen and oxygen atoms in total. The lowest BCUT2D eigenvalue weighted by Crippen LogP contribution is -2.50. The zero-order valence-electron chi connectivity index (χ0n) is 18.7. The van der Waals surface area contributed by atoms with Crippen LogP contribution in [0.5, 0.6) is 0 Å². The molecule has 29 heavy (non-hydrogen) atoms. The highest BCUT2D eigenvalue weighted by Gasteiger charge is 2.43. The van der Waals surface area contributed by atoms with Crippen LogP contribution in [0, 0.1) is 35.0 Å². The maximum Gasteiger partial charge on any atom is 0.225 e. The first kappa shape index (κ1) is 19.9. The quantitative estimate of drug-likeness (QED) is 0.627. The van der Waals surface area contributed by atoms with Crippen LogP contribution in [0.3, 0.4) is 0 Å². The molecule has 162 valence electrons. The minimum atomic E-state index is 0.310. The average Bonchev–Trinajstić information content (AvgIpc) is 3.34. The molecule has 1 amide bonds. The van der Waals surface area contributed by atoms with Gasteiger partial charge in [0.05, 0.1) is 0 Å². The van der Waals surface area contributed by atoms with Gasteiger partial charge in [0.25, 0.3) is 0 Å². The molecule has 0 radical (unpaired) electrons. The minimum absolute atomic E-state index is 0.310. The Morgan fingerprint density at radius 2 is 1.28 bits per heavy atom. The third-order valence-electron chi connectivity index (χ3n) is 9.79. The standard InChI is InChI=1S/C26H42N2O/c1-19(26(2)12-13-26)27-14-16-28(17-15-27)25(29)22-9-6-21(7-10-22)24-11-8-20-4-3-5-23(20)18-24/h20-24H,1,3-18H2,2H3. The van der Waals surface area contributed by atoms with Crippen molar-refractivity contribution in [3.8, 4) is 0 Å². The molecule has 3 atom stereocenters. The summed E-state index contributed by atoms with van der Waals surface area (Å²) in [6.45, 7) is 10.5. The molecular weight excluding hydrogens is 356 g/mol. The molecule has 0 bridgehead atoms. The highest BCUT2D eigenvalue weighted by molar-refractivity contribution is 5.79. The van der Waals surface area contributed by atoms with E-state index >= 15 is 0 Å². The average molecular weight is 399 g/mol. The van der Waals surface area contributed by atoms with Gasteiger partial charge in [0.2, 0.25) is 5.91 Å². The van der Waals surface area contributed by atoms with E-state index in [0.717, 1.165) is 62.7 Å². The van der Waals surface area contributed by atoms with Crippen LogP contribution in [0.4, 0.5) is 0 Å². The summed E-state index contributed by atoms with van der Waals surface area (Å²) in [6, 6.07) is 0. The van der Waals surface area contributed by atoms with Crippen LogP contribution in [-0.4, -0.2) is 41.9 Å². The predicted octanol–water partition coefficient (Wildman–Crippen LogP) is 5.47. The molecule has 5 rings (SSSR count). The van der Waals surface area contributed by atoms with Gasteiger partial charge in [-0.2, -0.15) is 0 Å². The number of rotatable bonds is 4. The summed E-state index contributed by atoms with van der Waals surface area (Å²) in [6.07, 6.45) is 16.5. The van der Waals surface area contributed by atoms with Crippen LogP contribution in [0.1, 0.15) is 84.0 Å². The Morgan fingerprint density at radius 3 is 1.97 bits per heavy atom. The first-order valence-corrected chi connectivity index (χ1v) is 12.8. The Labute approximate surface area is 178 Å². The van der Waals surface area contributed by atoms with Gasteiger partial charge in [-0.15, -0.1) is 0 Å². The van der Waals surface area contributed by atoms with E-state index in [-0.39, 0.29) is 0 Å². The smallest absolute Gasteiger partial charge is 0.225 e. The van der Waals surface area contributed by atoms with Crippen LogP contribution < -0.4 is 0 Å². The van der Waals surface area contributed by atoms with E-state index in [2.05, 4.69) is 23.3 Å². The molecule has 1 saturated heterocycles. The van der Waals surface area contributed by atoms with Gasteiger partial charge in [0, 0.05) is 43.2 Å². The fourth-order valence-corrected chi connectivity index (χ4v) is 7.32. The van der Waals surface area contributed by atoms with E-state index in [1.807, 2.05) is 0 Å². The van der Waals surface area contributed by atoms with Crippen LogP contribution >= 0.6 is 0 Å². The van der Waals surface area contributed by atoms with Crippen LogP contribution in [0.25, 0.3) is 0 Å². The van der Waals surface area contributed by atoms with E-state index in [0.29, 0.717) is 17.2 Å². The SMILES string of the molecule is C=C(N1CCN(C(=O)C2CCC(C3CCC4CCCC4C3)CC2)CC1)C1(C)CC1. The summed E-state index contributed by atoms with van der Waals surface area (Å²) >= 11 is 0. The molecule has 0 aromatic heterocycles. The Morgan fingerprint density at radius 1 is 0.759 bits per heavy atom. The maximum absolute atomic E-state index is 13.2. The summed E-state index contributed by atoms with van der Waals surface area (Å²) in [7, 11) is 0. The lowest BCUT2D eigenvalue weighted by Gasteiger charge is -2.42. The first-order valence-electron chi connectivity index (χ1n) is 12.8. The molecule has 0 spiro atoms. The Kier molecular flexibility index (Phi) is 5.45. The molecule has 3 heteroatoms. The maximum atomic E-state index is 13.2. The monoisotopic (exact) mass is 398 g/mol. The van der Waals surface area contributed by atoms with E-state index in [9.17, 15) is 4.79 Å². The normalized spacial score (nSPS) is 39.1. The number of fused-ring (bicyclic) bond motifs is 1.